The largest absolute Gasteiger partial charge is 4.00 e. The maximum Gasteiger partial charge on any atom is 4.00 e. The molecule has 0 aliphatic carbocycles. The van der Waals surface area contributed by atoms with Crippen LogP contribution in [0.15, 0.2) is 84.9 Å². The average molecular weight is 529 g/mol. The van der Waals surface area contributed by atoms with E-state index in [1.807, 2.05) is 0 Å². The Kier molecular flexibility index (Phi) is 14.0. The molecule has 0 amide bonds. The number of hydrogen-bond acceptors (Lipinski definition) is 0. The molecule has 0 spiro atoms. The van der Waals surface area contributed by atoms with Crippen molar-refractivity contribution >= 4 is 0 Å². The molecule has 0 atom stereocenters. The summed E-state index contributed by atoms with van der Waals surface area (Å²) >= 11 is 0. The number of benzene rings is 2. The zero-order valence-corrected chi connectivity index (χ0v) is 22.7. The van der Waals surface area contributed by atoms with E-state index >= 15 is 0 Å². The van der Waals surface area contributed by atoms with Crippen LogP contribution in [-0.4, -0.2) is 0 Å². The van der Waals surface area contributed by atoms with Crippen molar-refractivity contribution in [2.75, 3.05) is 0 Å². The Morgan fingerprint density at radius 1 is 0.613 bits per heavy atom. The van der Waals surface area contributed by atoms with Gasteiger partial charge in [0, 0.05) is 0 Å². The van der Waals surface area contributed by atoms with Gasteiger partial charge in [0.25, 0.3) is 0 Å². The van der Waals surface area contributed by atoms with Crippen LogP contribution in [0, 0.1) is 13.8 Å². The van der Waals surface area contributed by atoms with Crippen molar-refractivity contribution in [3.63, 3.8) is 0 Å². The van der Waals surface area contributed by atoms with Crippen LogP contribution in [0.25, 0.3) is 22.3 Å². The first-order valence-electron chi connectivity index (χ1n) is 10.2. The van der Waals surface area contributed by atoms with Crippen LogP contribution in [0.1, 0.15) is 36.1 Å². The summed E-state index contributed by atoms with van der Waals surface area (Å²) in [5.74, 6) is 0. The quantitative estimate of drug-likeness (QED) is 0.355. The zero-order chi connectivity index (χ0) is 19.9. The molecule has 0 fully saturated rings. The first-order chi connectivity index (χ1) is 13.6. The van der Waals surface area contributed by atoms with Crippen molar-refractivity contribution in [3.8, 4) is 22.3 Å². The molecule has 4 rings (SSSR count). The van der Waals surface area contributed by atoms with Crippen molar-refractivity contribution in [3.05, 3.63) is 107 Å². The molecular formula is C28H30Cl2Zr. The minimum absolute atomic E-state index is 0. The summed E-state index contributed by atoms with van der Waals surface area (Å²) in [6, 6.07) is 30.7. The van der Waals surface area contributed by atoms with Gasteiger partial charge < -0.3 is 24.8 Å². The molecule has 4 aromatic carbocycles. The molecule has 0 nitrogen and oxygen atoms in total. The second-order valence-electron chi connectivity index (χ2n) is 7.46. The molecule has 0 aliphatic heterocycles. The van der Waals surface area contributed by atoms with Crippen molar-refractivity contribution in [1.29, 1.82) is 0 Å². The summed E-state index contributed by atoms with van der Waals surface area (Å²) in [5.41, 5.74) is 10.8. The van der Waals surface area contributed by atoms with Crippen LogP contribution < -0.4 is 24.8 Å². The average Bonchev–Trinajstić information content (AvgIpc) is 3.38. The van der Waals surface area contributed by atoms with Crippen LogP contribution >= 0.6 is 0 Å². The molecule has 0 N–H and O–H groups in total. The molecule has 31 heavy (non-hydrogen) atoms. The van der Waals surface area contributed by atoms with E-state index in [2.05, 4.69) is 113 Å². The van der Waals surface area contributed by atoms with Crippen molar-refractivity contribution in [1.82, 2.24) is 0 Å². The molecular weight excluding hydrogens is 498 g/mol. The van der Waals surface area contributed by atoms with E-state index < -0.39 is 0 Å². The Balaban J connectivity index is 0.000000529. The molecule has 0 aromatic heterocycles. The summed E-state index contributed by atoms with van der Waals surface area (Å²) < 4.78 is 0. The smallest absolute Gasteiger partial charge is 1.00 e. The topological polar surface area (TPSA) is 0 Å². The molecule has 0 heterocycles. The van der Waals surface area contributed by atoms with Crippen LogP contribution in [0.2, 0.25) is 0 Å². The monoisotopic (exact) mass is 526 g/mol. The van der Waals surface area contributed by atoms with Crippen molar-refractivity contribution in [2.45, 2.75) is 40.5 Å². The standard InChI is InChI=1S/2C14H15.2ClH.Zr/c2*1-3-12-7-8-14(10-12)13-6-4-5-11(2)9-13;;;/h2*4-10H,3H2,1-2H3;2*1H;/q2*-1;;;+4/p-2. The normalized spacial score (nSPS) is 9.42. The van der Waals surface area contributed by atoms with E-state index in [0.29, 0.717) is 0 Å². The van der Waals surface area contributed by atoms with Gasteiger partial charge in [-0.05, 0) is 13.8 Å². The van der Waals surface area contributed by atoms with E-state index in [9.17, 15) is 0 Å². The van der Waals surface area contributed by atoms with E-state index in [4.69, 9.17) is 0 Å². The molecule has 160 valence electrons. The third kappa shape index (κ3) is 8.57. The van der Waals surface area contributed by atoms with Gasteiger partial charge in [0.1, 0.15) is 0 Å². The number of hydrogen-bond donors (Lipinski definition) is 0. The van der Waals surface area contributed by atoms with E-state index in [-0.39, 0.29) is 51.0 Å². The van der Waals surface area contributed by atoms with Gasteiger partial charge in [0.15, 0.2) is 0 Å². The molecule has 0 bridgehead atoms. The first-order valence-corrected chi connectivity index (χ1v) is 10.2. The fourth-order valence-corrected chi connectivity index (χ4v) is 3.43. The SMILES string of the molecule is CCc1cc[c-](-c2cccc(C)c2)c1.CCc1cc[c-](-c2cccc(C)c2)c1.[Cl-].[Cl-].[Zr+4]. The molecule has 4 aromatic rings. The fourth-order valence-electron chi connectivity index (χ4n) is 3.43. The van der Waals surface area contributed by atoms with Gasteiger partial charge in [-0.25, -0.2) is 0 Å². The van der Waals surface area contributed by atoms with E-state index in [0.717, 1.165) is 12.8 Å². The van der Waals surface area contributed by atoms with E-state index in [1.165, 1.54) is 44.5 Å². The third-order valence-corrected chi connectivity index (χ3v) is 5.16. The summed E-state index contributed by atoms with van der Waals surface area (Å²) in [4.78, 5) is 0. The summed E-state index contributed by atoms with van der Waals surface area (Å²) in [6.07, 6.45) is 2.23. The van der Waals surface area contributed by atoms with Crippen LogP contribution in [0.3, 0.4) is 0 Å². The number of aryl methyl sites for hydroxylation is 4. The Bertz CT molecular complexity index is 943. The molecule has 3 heteroatoms. The van der Waals surface area contributed by atoms with Gasteiger partial charge in [0.2, 0.25) is 0 Å². The minimum atomic E-state index is 0. The second-order valence-corrected chi connectivity index (χ2v) is 7.46. The fraction of sp³-hybridized carbons (Fsp3) is 0.214. The molecule has 0 aliphatic rings. The van der Waals surface area contributed by atoms with Crippen LogP contribution in [0.5, 0.6) is 0 Å². The molecule has 0 radical (unpaired) electrons. The van der Waals surface area contributed by atoms with Crippen LogP contribution in [0.4, 0.5) is 0 Å². The second kappa shape index (κ2) is 14.6. The van der Waals surface area contributed by atoms with Gasteiger partial charge in [-0.2, -0.15) is 0 Å². The van der Waals surface area contributed by atoms with Gasteiger partial charge in [-0.15, -0.1) is 82.9 Å². The summed E-state index contributed by atoms with van der Waals surface area (Å²) in [5, 5.41) is 0. The Labute approximate surface area is 219 Å². The predicted molar refractivity (Wildman–Crippen MR) is 123 cm³/mol. The molecule has 0 saturated heterocycles. The Morgan fingerprint density at radius 2 is 1.00 bits per heavy atom. The number of halogens is 2. The summed E-state index contributed by atoms with van der Waals surface area (Å²) in [6.45, 7) is 8.64. The van der Waals surface area contributed by atoms with Crippen LogP contribution in [-0.2, 0) is 39.0 Å². The van der Waals surface area contributed by atoms with Crippen molar-refractivity contribution < 1.29 is 51.0 Å². The predicted octanol–water partition coefficient (Wildman–Crippen LogP) is 1.89. The molecule has 0 unspecified atom stereocenters. The van der Waals surface area contributed by atoms with Gasteiger partial charge in [0.05, 0.1) is 0 Å². The molecule has 0 saturated carbocycles. The van der Waals surface area contributed by atoms with Gasteiger partial charge >= 0.3 is 26.2 Å². The number of rotatable bonds is 4. The zero-order valence-electron chi connectivity index (χ0n) is 18.8. The summed E-state index contributed by atoms with van der Waals surface area (Å²) in [7, 11) is 0. The van der Waals surface area contributed by atoms with Gasteiger partial charge in [-0.1, -0.05) is 73.2 Å². The minimum Gasteiger partial charge on any atom is -1.00 e. The maximum atomic E-state index is 2.27. The van der Waals surface area contributed by atoms with Gasteiger partial charge in [-0.3, -0.25) is 0 Å². The van der Waals surface area contributed by atoms with E-state index in [1.54, 1.807) is 0 Å². The third-order valence-electron chi connectivity index (χ3n) is 5.16. The Morgan fingerprint density at radius 3 is 1.29 bits per heavy atom. The maximum absolute atomic E-state index is 2.27. The Hall–Kier alpha value is -1.40. The van der Waals surface area contributed by atoms with Crippen molar-refractivity contribution in [2.24, 2.45) is 0 Å². The first kappa shape index (κ1) is 29.6.